The molecule has 82 valence electrons. The number of halogens is 2. The maximum Gasteiger partial charge on any atom is 0.0534 e. The molecule has 2 rings (SSSR count). The molecule has 1 aromatic heterocycles. The minimum Gasteiger partial charge on any atom is -0.316 e. The lowest BCUT2D eigenvalue weighted by Gasteiger charge is -2.25. The molecule has 0 bridgehead atoms. The molecule has 1 saturated carbocycles. The Morgan fingerprint density at radius 1 is 1.50 bits per heavy atom. The van der Waals surface area contributed by atoms with E-state index in [1.165, 1.54) is 24.8 Å². The molecular weight excluding hydrogens is 221 g/mol. The van der Waals surface area contributed by atoms with E-state index < -0.39 is 0 Å². The van der Waals surface area contributed by atoms with E-state index in [0.717, 1.165) is 6.54 Å². The number of nitrogens with one attached hydrogen (secondary N) is 1. The standard InChI is InChI=1S/C9H15N3.2ClH/c1-10-5-8-6-11-12(7-8)9-3-2-4-9;;/h6-7,9-10H,2-5H2,1H3;2*1H. The Labute approximate surface area is 97.1 Å². The van der Waals surface area contributed by atoms with Gasteiger partial charge in [-0.1, -0.05) is 0 Å². The fourth-order valence-corrected chi connectivity index (χ4v) is 1.52. The fraction of sp³-hybridized carbons (Fsp3) is 0.667. The Balaban J connectivity index is 0.000000845. The van der Waals surface area contributed by atoms with E-state index in [-0.39, 0.29) is 24.8 Å². The van der Waals surface area contributed by atoms with Crippen LogP contribution >= 0.6 is 24.8 Å². The van der Waals surface area contributed by atoms with Gasteiger partial charge in [-0.2, -0.15) is 5.10 Å². The molecule has 3 nitrogen and oxygen atoms in total. The lowest BCUT2D eigenvalue weighted by Crippen LogP contribution is -2.17. The van der Waals surface area contributed by atoms with Crippen molar-refractivity contribution in [2.45, 2.75) is 31.8 Å². The molecule has 1 heterocycles. The third-order valence-electron chi connectivity index (χ3n) is 2.48. The Bertz CT molecular complexity index is 258. The van der Waals surface area contributed by atoms with Crippen molar-refractivity contribution in [2.75, 3.05) is 7.05 Å². The molecule has 1 aliphatic carbocycles. The predicted molar refractivity (Wildman–Crippen MR) is 62.4 cm³/mol. The molecule has 0 radical (unpaired) electrons. The van der Waals surface area contributed by atoms with Crippen molar-refractivity contribution in [3.05, 3.63) is 18.0 Å². The van der Waals surface area contributed by atoms with Crippen LogP contribution in [0.2, 0.25) is 0 Å². The SMILES string of the molecule is CNCc1cnn(C2CCC2)c1.Cl.Cl. The van der Waals surface area contributed by atoms with E-state index in [1.54, 1.807) is 0 Å². The van der Waals surface area contributed by atoms with Crippen LogP contribution in [0.15, 0.2) is 12.4 Å². The monoisotopic (exact) mass is 237 g/mol. The van der Waals surface area contributed by atoms with Gasteiger partial charge in [0.05, 0.1) is 12.2 Å². The summed E-state index contributed by atoms with van der Waals surface area (Å²) in [4.78, 5) is 0. The lowest BCUT2D eigenvalue weighted by molar-refractivity contribution is 0.289. The minimum atomic E-state index is 0. The zero-order valence-electron chi connectivity index (χ0n) is 8.27. The summed E-state index contributed by atoms with van der Waals surface area (Å²) in [6.07, 6.45) is 8.09. The summed E-state index contributed by atoms with van der Waals surface area (Å²) in [7, 11) is 1.96. The first kappa shape index (κ1) is 13.8. The van der Waals surface area contributed by atoms with Gasteiger partial charge >= 0.3 is 0 Å². The van der Waals surface area contributed by atoms with Gasteiger partial charge in [0, 0.05) is 18.3 Å². The van der Waals surface area contributed by atoms with Gasteiger partial charge in [0.1, 0.15) is 0 Å². The summed E-state index contributed by atoms with van der Waals surface area (Å²) < 4.78 is 2.11. The van der Waals surface area contributed by atoms with E-state index in [2.05, 4.69) is 21.3 Å². The average molecular weight is 238 g/mol. The molecule has 0 spiro atoms. The second-order valence-corrected chi connectivity index (χ2v) is 3.44. The van der Waals surface area contributed by atoms with E-state index >= 15 is 0 Å². The Morgan fingerprint density at radius 2 is 2.21 bits per heavy atom. The summed E-state index contributed by atoms with van der Waals surface area (Å²) in [5.74, 6) is 0. The van der Waals surface area contributed by atoms with Crippen molar-refractivity contribution in [1.29, 1.82) is 0 Å². The molecule has 0 unspecified atom stereocenters. The van der Waals surface area contributed by atoms with E-state index in [4.69, 9.17) is 0 Å². The maximum absolute atomic E-state index is 4.33. The van der Waals surface area contributed by atoms with Crippen LogP contribution in [0.5, 0.6) is 0 Å². The smallest absolute Gasteiger partial charge is 0.0534 e. The van der Waals surface area contributed by atoms with E-state index in [9.17, 15) is 0 Å². The lowest BCUT2D eigenvalue weighted by atomic mass is 9.93. The molecule has 0 aliphatic heterocycles. The Kier molecular flexibility index (Phi) is 6.16. The highest BCUT2D eigenvalue weighted by Gasteiger charge is 2.19. The van der Waals surface area contributed by atoms with Gasteiger partial charge in [-0.05, 0) is 26.3 Å². The molecule has 0 atom stereocenters. The Hall–Kier alpha value is -0.250. The summed E-state index contributed by atoms with van der Waals surface area (Å²) in [5.41, 5.74) is 1.28. The van der Waals surface area contributed by atoms with E-state index in [0.29, 0.717) is 6.04 Å². The van der Waals surface area contributed by atoms with Crippen molar-refractivity contribution in [1.82, 2.24) is 15.1 Å². The largest absolute Gasteiger partial charge is 0.316 e. The van der Waals surface area contributed by atoms with Crippen LogP contribution in [0.3, 0.4) is 0 Å². The number of aromatic nitrogens is 2. The Morgan fingerprint density at radius 3 is 2.71 bits per heavy atom. The minimum absolute atomic E-state index is 0. The van der Waals surface area contributed by atoms with Crippen LogP contribution in [0, 0.1) is 0 Å². The molecule has 1 aliphatic rings. The quantitative estimate of drug-likeness (QED) is 0.874. The zero-order chi connectivity index (χ0) is 8.39. The molecular formula is C9H17Cl2N3. The molecule has 1 aromatic rings. The number of rotatable bonds is 3. The van der Waals surface area contributed by atoms with Crippen LogP contribution in [0.4, 0.5) is 0 Å². The van der Waals surface area contributed by atoms with Crippen molar-refractivity contribution in [2.24, 2.45) is 0 Å². The maximum atomic E-state index is 4.33. The third-order valence-corrected chi connectivity index (χ3v) is 2.48. The molecule has 0 saturated heterocycles. The van der Waals surface area contributed by atoms with Gasteiger partial charge in [0.15, 0.2) is 0 Å². The van der Waals surface area contributed by atoms with Gasteiger partial charge in [-0.15, -0.1) is 24.8 Å². The third kappa shape index (κ3) is 2.87. The number of hydrogen-bond acceptors (Lipinski definition) is 2. The molecule has 5 heteroatoms. The first-order valence-electron chi connectivity index (χ1n) is 4.58. The molecule has 1 N–H and O–H groups in total. The number of nitrogens with zero attached hydrogens (tertiary/aromatic N) is 2. The second kappa shape index (κ2) is 6.27. The van der Waals surface area contributed by atoms with Gasteiger partial charge in [0.2, 0.25) is 0 Å². The molecule has 0 aromatic carbocycles. The second-order valence-electron chi connectivity index (χ2n) is 3.44. The zero-order valence-corrected chi connectivity index (χ0v) is 9.90. The van der Waals surface area contributed by atoms with Crippen LogP contribution in [0.25, 0.3) is 0 Å². The summed E-state index contributed by atoms with van der Waals surface area (Å²) in [6, 6.07) is 0.690. The predicted octanol–water partition coefficient (Wildman–Crippen LogP) is 2.17. The van der Waals surface area contributed by atoms with Crippen LogP contribution in [-0.2, 0) is 6.54 Å². The first-order chi connectivity index (χ1) is 5.90. The van der Waals surface area contributed by atoms with Crippen LogP contribution < -0.4 is 5.32 Å². The fourth-order valence-electron chi connectivity index (χ4n) is 1.52. The molecule has 0 amide bonds. The summed E-state index contributed by atoms with van der Waals surface area (Å²) >= 11 is 0. The number of hydrogen-bond donors (Lipinski definition) is 1. The molecule has 14 heavy (non-hydrogen) atoms. The van der Waals surface area contributed by atoms with Crippen molar-refractivity contribution in [3.8, 4) is 0 Å². The molecule has 1 fully saturated rings. The van der Waals surface area contributed by atoms with Crippen molar-refractivity contribution < 1.29 is 0 Å². The normalized spacial score (nSPS) is 15.2. The van der Waals surface area contributed by atoms with Gasteiger partial charge in [0.25, 0.3) is 0 Å². The van der Waals surface area contributed by atoms with Gasteiger partial charge in [-0.3, -0.25) is 4.68 Å². The van der Waals surface area contributed by atoms with Crippen LogP contribution in [-0.4, -0.2) is 16.8 Å². The van der Waals surface area contributed by atoms with Gasteiger partial charge < -0.3 is 5.32 Å². The van der Waals surface area contributed by atoms with Crippen molar-refractivity contribution in [3.63, 3.8) is 0 Å². The van der Waals surface area contributed by atoms with Gasteiger partial charge in [-0.25, -0.2) is 0 Å². The highest BCUT2D eigenvalue weighted by atomic mass is 35.5. The summed E-state index contributed by atoms with van der Waals surface area (Å²) in [5, 5.41) is 7.45. The topological polar surface area (TPSA) is 29.9 Å². The highest BCUT2D eigenvalue weighted by molar-refractivity contribution is 5.85. The van der Waals surface area contributed by atoms with E-state index in [1.807, 2.05) is 13.2 Å². The van der Waals surface area contributed by atoms with Crippen molar-refractivity contribution >= 4 is 24.8 Å². The highest BCUT2D eigenvalue weighted by Crippen LogP contribution is 2.30. The first-order valence-corrected chi connectivity index (χ1v) is 4.58. The average Bonchev–Trinajstić information content (AvgIpc) is 2.34. The van der Waals surface area contributed by atoms with Crippen LogP contribution in [0.1, 0.15) is 30.9 Å². The summed E-state index contributed by atoms with van der Waals surface area (Å²) in [6.45, 7) is 0.923.